The Hall–Kier alpha value is -0.830. The average molecular weight is 276 g/mol. The molecule has 2 aliphatic carbocycles. The quantitative estimate of drug-likeness (QED) is 0.913. The summed E-state index contributed by atoms with van der Waals surface area (Å²) in [7, 11) is 0. The Morgan fingerprint density at radius 2 is 2.05 bits per heavy atom. The summed E-state index contributed by atoms with van der Waals surface area (Å²) in [5, 5.41) is 15.7. The Kier molecular flexibility index (Phi) is 3.44. The third kappa shape index (κ3) is 2.65. The first-order valence-electron chi connectivity index (χ1n) is 8.14. The van der Waals surface area contributed by atoms with Gasteiger partial charge in [-0.05, 0) is 43.1 Å². The second-order valence-electron chi connectivity index (χ2n) is 7.95. The number of nitrogens with zero attached hydrogens (tertiary/aromatic N) is 2. The van der Waals surface area contributed by atoms with E-state index in [9.17, 15) is 5.11 Å². The Bertz CT molecular complexity index is 473. The summed E-state index contributed by atoms with van der Waals surface area (Å²) in [6, 6.07) is 2.70. The van der Waals surface area contributed by atoms with Gasteiger partial charge >= 0.3 is 0 Å². The minimum absolute atomic E-state index is 0.252. The van der Waals surface area contributed by atoms with Gasteiger partial charge in [0.2, 0.25) is 0 Å². The first kappa shape index (κ1) is 14.1. The predicted molar refractivity (Wildman–Crippen MR) is 80.6 cm³/mol. The fourth-order valence-electron chi connectivity index (χ4n) is 4.49. The van der Waals surface area contributed by atoms with Gasteiger partial charge in [-0.1, -0.05) is 33.6 Å². The van der Waals surface area contributed by atoms with Gasteiger partial charge in [0, 0.05) is 12.6 Å². The molecule has 3 heteroatoms. The van der Waals surface area contributed by atoms with Gasteiger partial charge in [-0.2, -0.15) is 5.10 Å². The number of aromatic nitrogens is 2. The van der Waals surface area contributed by atoms with Crippen LogP contribution in [0.5, 0.6) is 0 Å². The Morgan fingerprint density at radius 1 is 1.35 bits per heavy atom. The highest BCUT2D eigenvalue weighted by Crippen LogP contribution is 2.48. The summed E-state index contributed by atoms with van der Waals surface area (Å²) < 4.78 is 2.14. The molecule has 3 nitrogen and oxygen atoms in total. The molecule has 0 aromatic carbocycles. The van der Waals surface area contributed by atoms with Crippen LogP contribution in [0.2, 0.25) is 0 Å². The van der Waals surface area contributed by atoms with Crippen molar-refractivity contribution in [1.29, 1.82) is 0 Å². The molecule has 0 spiro atoms. The molecule has 2 aliphatic rings. The van der Waals surface area contributed by atoms with E-state index in [2.05, 4.69) is 37.7 Å². The highest BCUT2D eigenvalue weighted by molar-refractivity contribution is 5.09. The molecule has 20 heavy (non-hydrogen) atoms. The molecule has 112 valence electrons. The molecule has 2 atom stereocenters. The molecule has 2 fully saturated rings. The molecule has 0 bridgehead atoms. The monoisotopic (exact) mass is 276 g/mol. The lowest BCUT2D eigenvalue weighted by atomic mass is 9.86. The summed E-state index contributed by atoms with van der Waals surface area (Å²) in [6.45, 7) is 6.71. The zero-order valence-electron chi connectivity index (χ0n) is 13.1. The van der Waals surface area contributed by atoms with E-state index in [0.29, 0.717) is 18.4 Å². The van der Waals surface area contributed by atoms with Crippen LogP contribution >= 0.6 is 0 Å². The first-order chi connectivity index (χ1) is 9.38. The predicted octanol–water partition coefficient (Wildman–Crippen LogP) is 3.73. The van der Waals surface area contributed by atoms with E-state index in [1.807, 2.05) is 0 Å². The Balaban J connectivity index is 1.71. The van der Waals surface area contributed by atoms with Gasteiger partial charge in [0.15, 0.2) is 0 Å². The van der Waals surface area contributed by atoms with Crippen molar-refractivity contribution in [1.82, 2.24) is 9.78 Å². The maximum atomic E-state index is 11.0. The molecule has 1 aromatic rings. The third-order valence-corrected chi connectivity index (χ3v) is 5.41. The van der Waals surface area contributed by atoms with Crippen molar-refractivity contribution >= 4 is 0 Å². The van der Waals surface area contributed by atoms with E-state index in [1.54, 1.807) is 0 Å². The standard InChI is InChI=1S/C17H28N2O/c1-13-10-16(2,3)12-17(13,20)11-14-8-9-19(18-14)15-6-4-5-7-15/h8-9,13,15,20H,4-7,10-12H2,1-3H3. The Morgan fingerprint density at radius 3 is 2.65 bits per heavy atom. The lowest BCUT2D eigenvalue weighted by Crippen LogP contribution is -2.35. The fourth-order valence-corrected chi connectivity index (χ4v) is 4.49. The maximum Gasteiger partial charge on any atom is 0.0734 e. The van der Waals surface area contributed by atoms with E-state index >= 15 is 0 Å². The van der Waals surface area contributed by atoms with E-state index in [1.165, 1.54) is 25.7 Å². The van der Waals surface area contributed by atoms with Crippen molar-refractivity contribution in [3.8, 4) is 0 Å². The normalized spacial score (nSPS) is 33.9. The number of hydrogen-bond donors (Lipinski definition) is 1. The lowest BCUT2D eigenvalue weighted by molar-refractivity contribution is 0.00344. The summed E-state index contributed by atoms with van der Waals surface area (Å²) in [6.07, 6.45) is 9.98. The molecule has 0 saturated heterocycles. The van der Waals surface area contributed by atoms with Crippen molar-refractivity contribution in [2.75, 3.05) is 0 Å². The molecule has 1 N–H and O–H groups in total. The van der Waals surface area contributed by atoms with Crippen LogP contribution in [-0.4, -0.2) is 20.5 Å². The molecule has 0 amide bonds. The van der Waals surface area contributed by atoms with Crippen LogP contribution in [0.1, 0.15) is 71.0 Å². The molecule has 0 radical (unpaired) electrons. The van der Waals surface area contributed by atoms with Crippen molar-refractivity contribution in [2.24, 2.45) is 11.3 Å². The van der Waals surface area contributed by atoms with Gasteiger partial charge in [0.05, 0.1) is 17.3 Å². The van der Waals surface area contributed by atoms with Gasteiger partial charge in [-0.3, -0.25) is 4.68 Å². The van der Waals surface area contributed by atoms with Gasteiger partial charge < -0.3 is 5.11 Å². The van der Waals surface area contributed by atoms with Crippen LogP contribution < -0.4 is 0 Å². The average Bonchev–Trinajstić information content (AvgIpc) is 2.99. The van der Waals surface area contributed by atoms with Crippen molar-refractivity contribution in [2.45, 2.75) is 77.4 Å². The van der Waals surface area contributed by atoms with Crippen LogP contribution in [0.3, 0.4) is 0 Å². The maximum absolute atomic E-state index is 11.0. The Labute approximate surface area is 122 Å². The van der Waals surface area contributed by atoms with Gasteiger partial charge in [-0.15, -0.1) is 0 Å². The van der Waals surface area contributed by atoms with Crippen molar-refractivity contribution in [3.05, 3.63) is 18.0 Å². The van der Waals surface area contributed by atoms with Crippen LogP contribution in [0.15, 0.2) is 12.3 Å². The zero-order valence-corrected chi connectivity index (χ0v) is 13.1. The van der Waals surface area contributed by atoms with Crippen LogP contribution in [0, 0.1) is 11.3 Å². The van der Waals surface area contributed by atoms with Crippen molar-refractivity contribution in [3.63, 3.8) is 0 Å². The van der Waals surface area contributed by atoms with E-state index < -0.39 is 5.60 Å². The molecule has 1 heterocycles. The topological polar surface area (TPSA) is 38.0 Å². The summed E-state index contributed by atoms with van der Waals surface area (Å²) in [4.78, 5) is 0. The van der Waals surface area contributed by atoms with Crippen LogP contribution in [0.4, 0.5) is 0 Å². The van der Waals surface area contributed by atoms with Crippen LogP contribution in [-0.2, 0) is 6.42 Å². The summed E-state index contributed by atoms with van der Waals surface area (Å²) >= 11 is 0. The molecule has 2 saturated carbocycles. The van der Waals surface area contributed by atoms with E-state index in [0.717, 1.165) is 18.5 Å². The van der Waals surface area contributed by atoms with Crippen molar-refractivity contribution < 1.29 is 5.11 Å². The first-order valence-corrected chi connectivity index (χ1v) is 8.14. The molecule has 2 unspecified atom stereocenters. The smallest absolute Gasteiger partial charge is 0.0734 e. The second-order valence-corrected chi connectivity index (χ2v) is 7.95. The third-order valence-electron chi connectivity index (χ3n) is 5.41. The SMILES string of the molecule is CC1CC(C)(C)CC1(O)Cc1ccn(C2CCCC2)n1. The molecule has 1 aromatic heterocycles. The molecular formula is C17H28N2O. The highest BCUT2D eigenvalue weighted by Gasteiger charge is 2.47. The van der Waals surface area contributed by atoms with Gasteiger partial charge in [0.1, 0.15) is 0 Å². The number of aliphatic hydroxyl groups is 1. The largest absolute Gasteiger partial charge is 0.389 e. The molecule has 3 rings (SSSR count). The molecular weight excluding hydrogens is 248 g/mol. The second kappa shape index (κ2) is 4.87. The van der Waals surface area contributed by atoms with Crippen LogP contribution in [0.25, 0.3) is 0 Å². The summed E-state index contributed by atoms with van der Waals surface area (Å²) in [5.41, 5.74) is 0.740. The number of rotatable bonds is 3. The molecule has 0 aliphatic heterocycles. The van der Waals surface area contributed by atoms with E-state index in [4.69, 9.17) is 5.10 Å². The lowest BCUT2D eigenvalue weighted by Gasteiger charge is -2.27. The number of hydrogen-bond acceptors (Lipinski definition) is 2. The minimum atomic E-state index is -0.571. The van der Waals surface area contributed by atoms with E-state index in [-0.39, 0.29) is 5.41 Å². The van der Waals surface area contributed by atoms with Gasteiger partial charge in [0.25, 0.3) is 0 Å². The fraction of sp³-hybridized carbons (Fsp3) is 0.824. The minimum Gasteiger partial charge on any atom is -0.389 e. The zero-order chi connectivity index (χ0) is 14.4. The highest BCUT2D eigenvalue weighted by atomic mass is 16.3. The summed E-state index contributed by atoms with van der Waals surface area (Å²) in [5.74, 6) is 0.356. The van der Waals surface area contributed by atoms with Gasteiger partial charge in [-0.25, -0.2) is 0 Å².